The quantitative estimate of drug-likeness (QED) is 0.594. The highest BCUT2D eigenvalue weighted by Crippen LogP contribution is 2.18. The van der Waals surface area contributed by atoms with Gasteiger partial charge in [0, 0.05) is 13.1 Å². The first kappa shape index (κ1) is 9.57. The van der Waals surface area contributed by atoms with Crippen LogP contribution in [-0.2, 0) is 4.57 Å². The monoisotopic (exact) mass is 162 g/mol. The number of carbonyl (C=O) groups excluding carboxylic acids is 1. The predicted octanol–water partition coefficient (Wildman–Crippen LogP) is 1.91. The molecule has 0 fully saturated rings. The maximum Gasteiger partial charge on any atom is 0.462 e. The molecule has 0 rings (SSSR count). The van der Waals surface area contributed by atoms with Crippen LogP contribution in [0.4, 0.5) is 4.79 Å². The van der Waals surface area contributed by atoms with Gasteiger partial charge in [0.1, 0.15) is 6.66 Å². The van der Waals surface area contributed by atoms with Gasteiger partial charge in [-0.15, -0.1) is 0 Å². The number of hydrogen-bond acceptors (Lipinski definition) is 2. The average molecular weight is 162 g/mol. The Labute approximate surface area is 62.2 Å². The van der Waals surface area contributed by atoms with Gasteiger partial charge in [0.15, 0.2) is 0 Å². The molecule has 4 heteroatoms. The number of hydrogen-bond donors (Lipinski definition) is 0. The highest BCUT2D eigenvalue weighted by Gasteiger charge is 2.26. The Kier molecular flexibility index (Phi) is 4.21. The normalized spacial score (nSPS) is 10.9. The molecule has 1 atom stereocenters. The maximum absolute atomic E-state index is 10.9. The Morgan fingerprint density at radius 3 is 1.90 bits per heavy atom. The van der Waals surface area contributed by atoms with E-state index in [1.165, 1.54) is 6.66 Å². The Morgan fingerprint density at radius 2 is 1.80 bits per heavy atom. The third-order valence-corrected chi connectivity index (χ3v) is 2.12. The van der Waals surface area contributed by atoms with Gasteiger partial charge in [-0.25, -0.2) is 4.79 Å². The summed E-state index contributed by atoms with van der Waals surface area (Å²) >= 11 is 0. The van der Waals surface area contributed by atoms with E-state index in [9.17, 15) is 9.36 Å². The van der Waals surface area contributed by atoms with Gasteiger partial charge in [0.2, 0.25) is 0 Å². The minimum absolute atomic E-state index is 0.236. The van der Waals surface area contributed by atoms with Crippen LogP contribution in [0, 0.1) is 0 Å². The molecule has 1 amide bonds. The van der Waals surface area contributed by atoms with Gasteiger partial charge in [-0.3, -0.25) is 0 Å². The first-order valence-corrected chi connectivity index (χ1v) is 5.03. The highest BCUT2D eigenvalue weighted by molar-refractivity contribution is 7.62. The van der Waals surface area contributed by atoms with Gasteiger partial charge in [-0.05, 0) is 13.8 Å². The van der Waals surface area contributed by atoms with Crippen LogP contribution in [-0.4, -0.2) is 30.3 Å². The van der Waals surface area contributed by atoms with Crippen molar-refractivity contribution in [3.8, 4) is 0 Å². The van der Waals surface area contributed by atoms with Crippen molar-refractivity contribution < 1.29 is 9.36 Å². The second-order valence-corrected chi connectivity index (χ2v) is 3.33. The second-order valence-electron chi connectivity index (χ2n) is 1.95. The summed E-state index contributed by atoms with van der Waals surface area (Å²) in [6, 6.07) is 0. The molecule has 0 aliphatic rings. The zero-order valence-electron chi connectivity index (χ0n) is 6.63. The molecule has 0 saturated heterocycles. The van der Waals surface area contributed by atoms with Crippen LogP contribution in [0.15, 0.2) is 0 Å². The lowest BCUT2D eigenvalue weighted by molar-refractivity contribution is 0.226. The van der Waals surface area contributed by atoms with Crippen molar-refractivity contribution in [1.82, 2.24) is 4.90 Å². The van der Waals surface area contributed by atoms with Gasteiger partial charge in [-0.1, -0.05) is 4.57 Å². The molecule has 0 spiro atoms. The molecule has 10 heavy (non-hydrogen) atoms. The summed E-state index contributed by atoms with van der Waals surface area (Å²) in [5.41, 5.74) is -0.236. The predicted molar refractivity (Wildman–Crippen MR) is 41.8 cm³/mol. The number of carbonyl (C=O) groups is 1. The smallest absolute Gasteiger partial charge is 0.301 e. The van der Waals surface area contributed by atoms with E-state index in [1.54, 1.807) is 4.90 Å². The van der Waals surface area contributed by atoms with E-state index >= 15 is 0 Å². The molecule has 1 unspecified atom stereocenters. The summed E-state index contributed by atoms with van der Waals surface area (Å²) in [7, 11) is -1.68. The van der Waals surface area contributed by atoms with Crippen molar-refractivity contribution >= 4 is 13.4 Å². The summed E-state index contributed by atoms with van der Waals surface area (Å²) in [6.45, 7) is 6.48. The SMILES string of the molecule is CCN(CC)C(=O)[P+](C)=O. The van der Waals surface area contributed by atoms with Crippen molar-refractivity contribution in [2.75, 3.05) is 19.8 Å². The fourth-order valence-corrected chi connectivity index (χ4v) is 1.37. The van der Waals surface area contributed by atoms with E-state index < -0.39 is 7.80 Å². The van der Waals surface area contributed by atoms with Crippen molar-refractivity contribution in [3.63, 3.8) is 0 Å². The number of amides is 1. The standard InChI is InChI=1S/C6H13NO2P/c1-4-7(5-2)6(8)10(3)9/h4-5H2,1-3H3/q+1. The third kappa shape index (κ3) is 2.44. The Morgan fingerprint density at radius 1 is 1.40 bits per heavy atom. The molecule has 58 valence electrons. The van der Waals surface area contributed by atoms with Crippen molar-refractivity contribution in [1.29, 1.82) is 0 Å². The highest BCUT2D eigenvalue weighted by atomic mass is 31.1. The minimum Gasteiger partial charge on any atom is -0.301 e. The number of rotatable bonds is 3. The van der Waals surface area contributed by atoms with Crippen LogP contribution < -0.4 is 0 Å². The Bertz CT molecular complexity index is 143. The van der Waals surface area contributed by atoms with E-state index in [1.807, 2.05) is 13.8 Å². The summed E-state index contributed by atoms with van der Waals surface area (Å²) < 4.78 is 10.7. The average Bonchev–Trinajstić information content (AvgIpc) is 1.90. The van der Waals surface area contributed by atoms with E-state index in [0.29, 0.717) is 13.1 Å². The number of nitrogens with zero attached hydrogens (tertiary/aromatic N) is 1. The van der Waals surface area contributed by atoms with Crippen LogP contribution in [0.2, 0.25) is 0 Å². The maximum atomic E-state index is 10.9. The lowest BCUT2D eigenvalue weighted by atomic mass is 10.6. The molecule has 0 aliphatic carbocycles. The lowest BCUT2D eigenvalue weighted by Gasteiger charge is -2.10. The van der Waals surface area contributed by atoms with Crippen LogP contribution in [0.5, 0.6) is 0 Å². The van der Waals surface area contributed by atoms with Crippen LogP contribution in [0.1, 0.15) is 13.8 Å². The first-order chi connectivity index (χ1) is 4.63. The van der Waals surface area contributed by atoms with Crippen molar-refractivity contribution in [2.24, 2.45) is 0 Å². The van der Waals surface area contributed by atoms with Crippen LogP contribution in [0.25, 0.3) is 0 Å². The minimum atomic E-state index is -1.68. The van der Waals surface area contributed by atoms with E-state index in [0.717, 1.165) is 0 Å². The molecule has 0 saturated carbocycles. The van der Waals surface area contributed by atoms with Crippen molar-refractivity contribution in [3.05, 3.63) is 0 Å². The zero-order chi connectivity index (χ0) is 8.15. The molecule has 0 bridgehead atoms. The molecule has 0 N–H and O–H groups in total. The largest absolute Gasteiger partial charge is 0.462 e. The van der Waals surface area contributed by atoms with E-state index in [-0.39, 0.29) is 5.65 Å². The summed E-state index contributed by atoms with van der Waals surface area (Å²) in [5, 5.41) is 0. The third-order valence-electron chi connectivity index (χ3n) is 1.30. The Balaban J connectivity index is 4.02. The summed E-state index contributed by atoms with van der Waals surface area (Å²) in [6.07, 6.45) is 0. The molecule has 0 aromatic carbocycles. The zero-order valence-corrected chi connectivity index (χ0v) is 7.52. The molecule has 0 aliphatic heterocycles. The molecule has 0 heterocycles. The van der Waals surface area contributed by atoms with E-state index in [4.69, 9.17) is 0 Å². The van der Waals surface area contributed by atoms with Gasteiger partial charge in [-0.2, -0.15) is 0 Å². The molecule has 0 aromatic heterocycles. The molecule has 3 nitrogen and oxygen atoms in total. The van der Waals surface area contributed by atoms with E-state index in [2.05, 4.69) is 0 Å². The Hall–Kier alpha value is -0.430. The summed E-state index contributed by atoms with van der Waals surface area (Å²) in [5.74, 6) is 0. The second kappa shape index (κ2) is 4.40. The molecular weight excluding hydrogens is 149 g/mol. The fourth-order valence-electron chi connectivity index (χ4n) is 0.693. The van der Waals surface area contributed by atoms with Gasteiger partial charge >= 0.3 is 13.4 Å². The topological polar surface area (TPSA) is 37.4 Å². The van der Waals surface area contributed by atoms with Gasteiger partial charge < -0.3 is 4.90 Å². The van der Waals surface area contributed by atoms with Crippen LogP contribution in [0.3, 0.4) is 0 Å². The van der Waals surface area contributed by atoms with Gasteiger partial charge in [0.05, 0.1) is 0 Å². The fraction of sp³-hybridized carbons (Fsp3) is 0.833. The van der Waals surface area contributed by atoms with Gasteiger partial charge in [0.25, 0.3) is 0 Å². The van der Waals surface area contributed by atoms with Crippen molar-refractivity contribution in [2.45, 2.75) is 13.8 Å². The lowest BCUT2D eigenvalue weighted by Crippen LogP contribution is -2.26. The molecule has 0 radical (unpaired) electrons. The summed E-state index contributed by atoms with van der Waals surface area (Å²) in [4.78, 5) is 12.5. The molecular formula is C6H13NO2P+. The molecule has 0 aromatic rings. The first-order valence-electron chi connectivity index (χ1n) is 3.33. The van der Waals surface area contributed by atoms with Crippen LogP contribution >= 0.6 is 7.80 Å².